The van der Waals surface area contributed by atoms with Crippen molar-refractivity contribution in [1.29, 1.82) is 0 Å². The van der Waals surface area contributed by atoms with E-state index in [1.165, 1.54) is 19.2 Å². The van der Waals surface area contributed by atoms with E-state index in [4.69, 9.17) is 21.3 Å². The van der Waals surface area contributed by atoms with Crippen LogP contribution in [0.4, 0.5) is 13.2 Å². The van der Waals surface area contributed by atoms with Crippen LogP contribution in [0.1, 0.15) is 29.2 Å². The number of nitrogens with one attached hydrogen (secondary N) is 1. The lowest BCUT2D eigenvalue weighted by Gasteiger charge is -2.11. The number of hydrogen-bond donors (Lipinski definition) is 1. The molecule has 0 saturated heterocycles. The molecule has 32 heavy (non-hydrogen) atoms. The van der Waals surface area contributed by atoms with E-state index < -0.39 is 29.4 Å². The van der Waals surface area contributed by atoms with Gasteiger partial charge in [-0.2, -0.15) is 13.2 Å². The van der Waals surface area contributed by atoms with E-state index >= 15 is 0 Å². The maximum atomic E-state index is 12.7. The predicted molar refractivity (Wildman–Crippen MR) is 112 cm³/mol. The lowest BCUT2D eigenvalue weighted by Crippen LogP contribution is -2.37. The predicted octanol–water partition coefficient (Wildman–Crippen LogP) is 3.88. The normalized spacial score (nSPS) is 12.3. The number of nitrogens with zero attached hydrogens (tertiary/aromatic N) is 2. The fraction of sp³-hybridized carbons (Fsp3) is 0.238. The SMILES string of the molecule is CO/N=C(/C(=O)NC(=O)CCl)c1ccccc1CO/N=C(\C)c1ccc(C(F)(F)F)cc1. The van der Waals surface area contributed by atoms with Crippen LogP contribution >= 0.6 is 11.6 Å². The van der Waals surface area contributed by atoms with Crippen LogP contribution in [-0.4, -0.2) is 36.2 Å². The van der Waals surface area contributed by atoms with Gasteiger partial charge in [-0.1, -0.05) is 46.7 Å². The molecule has 7 nitrogen and oxygen atoms in total. The second kappa shape index (κ2) is 11.3. The Balaban J connectivity index is 2.18. The third-order valence-electron chi connectivity index (χ3n) is 4.10. The molecule has 0 atom stereocenters. The fourth-order valence-corrected chi connectivity index (χ4v) is 2.62. The van der Waals surface area contributed by atoms with E-state index in [9.17, 15) is 22.8 Å². The first-order valence-corrected chi connectivity index (χ1v) is 9.64. The lowest BCUT2D eigenvalue weighted by molar-refractivity contribution is -0.137. The Kier molecular flexibility index (Phi) is 8.77. The van der Waals surface area contributed by atoms with Crippen molar-refractivity contribution >= 4 is 34.8 Å². The maximum absolute atomic E-state index is 12.7. The minimum Gasteiger partial charge on any atom is -0.398 e. The van der Waals surface area contributed by atoms with E-state index in [1.807, 2.05) is 0 Å². The van der Waals surface area contributed by atoms with Gasteiger partial charge in [-0.3, -0.25) is 14.9 Å². The van der Waals surface area contributed by atoms with E-state index in [-0.39, 0.29) is 12.3 Å². The summed E-state index contributed by atoms with van der Waals surface area (Å²) >= 11 is 5.41. The molecule has 0 spiro atoms. The summed E-state index contributed by atoms with van der Waals surface area (Å²) in [6.45, 7) is 1.49. The van der Waals surface area contributed by atoms with Crippen LogP contribution in [0.5, 0.6) is 0 Å². The topological polar surface area (TPSA) is 89.3 Å². The van der Waals surface area contributed by atoms with E-state index in [0.717, 1.165) is 12.1 Å². The minimum absolute atomic E-state index is 0.0897. The molecule has 2 rings (SSSR count). The number of halogens is 4. The van der Waals surface area contributed by atoms with Crippen LogP contribution in [0.2, 0.25) is 0 Å². The fourth-order valence-electron chi connectivity index (χ4n) is 2.55. The lowest BCUT2D eigenvalue weighted by atomic mass is 10.0. The van der Waals surface area contributed by atoms with Crippen LogP contribution in [0, 0.1) is 0 Å². The first kappa shape index (κ1) is 24.9. The van der Waals surface area contributed by atoms with Gasteiger partial charge in [0.05, 0.1) is 11.3 Å². The molecular weight excluding hydrogens is 451 g/mol. The summed E-state index contributed by atoms with van der Waals surface area (Å²) in [6, 6.07) is 11.1. The van der Waals surface area contributed by atoms with Crippen LogP contribution in [0.15, 0.2) is 58.8 Å². The van der Waals surface area contributed by atoms with Gasteiger partial charge in [0.25, 0.3) is 5.91 Å². The van der Waals surface area contributed by atoms with Crippen LogP contribution in [-0.2, 0) is 32.0 Å². The van der Waals surface area contributed by atoms with Crippen LogP contribution < -0.4 is 5.32 Å². The Morgan fingerprint density at radius 1 is 1.06 bits per heavy atom. The number of rotatable bonds is 8. The molecule has 0 aliphatic heterocycles. The highest BCUT2D eigenvalue weighted by Crippen LogP contribution is 2.29. The van der Waals surface area contributed by atoms with Crippen molar-refractivity contribution in [3.05, 3.63) is 70.8 Å². The van der Waals surface area contributed by atoms with Crippen LogP contribution in [0.25, 0.3) is 0 Å². The van der Waals surface area contributed by atoms with E-state index in [2.05, 4.69) is 15.6 Å². The summed E-state index contributed by atoms with van der Waals surface area (Å²) in [5.74, 6) is -1.92. The zero-order valence-electron chi connectivity index (χ0n) is 17.1. The summed E-state index contributed by atoms with van der Waals surface area (Å²) in [4.78, 5) is 33.9. The summed E-state index contributed by atoms with van der Waals surface area (Å²) in [6.07, 6.45) is -4.42. The molecule has 0 aliphatic rings. The molecule has 0 unspecified atom stereocenters. The molecule has 0 aliphatic carbocycles. The zero-order valence-corrected chi connectivity index (χ0v) is 17.8. The van der Waals surface area contributed by atoms with Gasteiger partial charge in [-0.25, -0.2) is 0 Å². The third-order valence-corrected chi connectivity index (χ3v) is 4.34. The number of carbonyl (C=O) groups is 2. The van der Waals surface area contributed by atoms with Gasteiger partial charge in [0, 0.05) is 11.1 Å². The quantitative estimate of drug-likeness (QED) is 0.361. The molecule has 0 aromatic heterocycles. The highest BCUT2D eigenvalue weighted by atomic mass is 35.5. The summed E-state index contributed by atoms with van der Waals surface area (Å²) < 4.78 is 38.1. The van der Waals surface area contributed by atoms with Crippen molar-refractivity contribution in [2.24, 2.45) is 10.3 Å². The van der Waals surface area contributed by atoms with Crippen molar-refractivity contribution in [2.75, 3.05) is 13.0 Å². The van der Waals surface area contributed by atoms with Gasteiger partial charge in [0.1, 0.15) is 19.6 Å². The molecule has 0 heterocycles. The molecule has 0 radical (unpaired) electrons. The summed E-state index contributed by atoms with van der Waals surface area (Å²) in [5, 5.41) is 9.70. The number of amides is 2. The molecule has 2 amide bonds. The van der Waals surface area contributed by atoms with Gasteiger partial charge >= 0.3 is 6.18 Å². The van der Waals surface area contributed by atoms with Gasteiger partial charge < -0.3 is 9.68 Å². The van der Waals surface area contributed by atoms with E-state index in [1.54, 1.807) is 31.2 Å². The molecular formula is C21H19ClF3N3O4. The first-order valence-electron chi connectivity index (χ1n) is 9.11. The van der Waals surface area contributed by atoms with Crippen molar-refractivity contribution in [3.63, 3.8) is 0 Å². The minimum atomic E-state index is -4.42. The number of alkyl halides is 4. The summed E-state index contributed by atoms with van der Waals surface area (Å²) in [7, 11) is 1.24. The average Bonchev–Trinajstić information content (AvgIpc) is 2.77. The number of benzene rings is 2. The smallest absolute Gasteiger partial charge is 0.398 e. The van der Waals surface area contributed by atoms with E-state index in [0.29, 0.717) is 22.4 Å². The Hall–Kier alpha value is -3.40. The second-order valence-electron chi connectivity index (χ2n) is 6.32. The molecule has 1 N–H and O–H groups in total. The van der Waals surface area contributed by atoms with Gasteiger partial charge in [0.15, 0.2) is 5.71 Å². The Morgan fingerprint density at radius 3 is 2.31 bits per heavy atom. The molecule has 11 heteroatoms. The average molecular weight is 470 g/mol. The first-order chi connectivity index (χ1) is 15.2. The zero-order chi connectivity index (χ0) is 23.7. The van der Waals surface area contributed by atoms with Crippen molar-refractivity contribution in [2.45, 2.75) is 19.7 Å². The monoisotopic (exact) mass is 469 g/mol. The highest BCUT2D eigenvalue weighted by molar-refractivity contribution is 6.48. The van der Waals surface area contributed by atoms with Crippen LogP contribution in [0.3, 0.4) is 0 Å². The highest BCUT2D eigenvalue weighted by Gasteiger charge is 2.30. The third kappa shape index (κ3) is 6.81. The number of hydrogen-bond acceptors (Lipinski definition) is 6. The summed E-state index contributed by atoms with van der Waals surface area (Å²) in [5.41, 5.74) is 0.699. The van der Waals surface area contributed by atoms with Gasteiger partial charge in [0.2, 0.25) is 5.91 Å². The van der Waals surface area contributed by atoms with Crippen molar-refractivity contribution in [1.82, 2.24) is 5.32 Å². The maximum Gasteiger partial charge on any atom is 0.416 e. The molecule has 2 aromatic rings. The van der Waals surface area contributed by atoms with Gasteiger partial charge in [-0.05, 0) is 24.6 Å². The molecule has 170 valence electrons. The molecule has 0 fully saturated rings. The molecule has 2 aromatic carbocycles. The van der Waals surface area contributed by atoms with Crippen molar-refractivity contribution in [3.8, 4) is 0 Å². The molecule has 0 bridgehead atoms. The molecule has 0 saturated carbocycles. The second-order valence-corrected chi connectivity index (χ2v) is 6.58. The largest absolute Gasteiger partial charge is 0.416 e. The standard InChI is InChI=1S/C21H19ClF3N3O4/c1-13(14-7-9-16(10-8-14)21(23,24)25)27-32-12-15-5-3-4-6-17(15)19(28-31-2)20(30)26-18(29)11-22/h3-10H,11-12H2,1-2H3,(H,26,29,30)/b27-13+,28-19+. The number of imide groups is 1. The number of carbonyl (C=O) groups excluding carboxylic acids is 2. The Bertz CT molecular complexity index is 1020. The number of oxime groups is 2. The van der Waals surface area contributed by atoms with Crippen molar-refractivity contribution < 1.29 is 32.4 Å². The van der Waals surface area contributed by atoms with Gasteiger partial charge in [-0.15, -0.1) is 11.6 Å². The Labute approximate surface area is 186 Å². The Morgan fingerprint density at radius 2 is 1.72 bits per heavy atom.